The third kappa shape index (κ3) is 3.83. The van der Waals surface area contributed by atoms with Gasteiger partial charge in [0.1, 0.15) is 10.7 Å². The Morgan fingerprint density at radius 2 is 1.96 bits per heavy atom. The Labute approximate surface area is 150 Å². The van der Waals surface area contributed by atoms with E-state index in [1.165, 1.54) is 36.4 Å². The van der Waals surface area contributed by atoms with Crippen LogP contribution in [-0.2, 0) is 9.53 Å². The lowest BCUT2D eigenvalue weighted by molar-refractivity contribution is -0.384. The average molecular weight is 374 g/mol. The van der Waals surface area contributed by atoms with Gasteiger partial charge < -0.3 is 10.1 Å². The molecule has 0 aliphatic rings. The van der Waals surface area contributed by atoms with E-state index in [9.17, 15) is 24.1 Å². The number of rotatable bonds is 5. The monoisotopic (exact) mass is 374 g/mol. The van der Waals surface area contributed by atoms with E-state index in [-0.39, 0.29) is 16.3 Å². The second kappa shape index (κ2) is 7.28. The number of nitrogens with one attached hydrogen (secondary N) is 1. The lowest BCUT2D eigenvalue weighted by atomic mass is 10.2. The zero-order valence-corrected chi connectivity index (χ0v) is 13.9. The first-order valence-electron chi connectivity index (χ1n) is 7.33. The number of amides is 1. The van der Waals surface area contributed by atoms with Gasteiger partial charge >= 0.3 is 5.97 Å². The molecule has 3 rings (SSSR count). The third-order valence-corrected chi connectivity index (χ3v) is 4.49. The summed E-state index contributed by atoms with van der Waals surface area (Å²) >= 11 is 1.10. The number of nitro benzene ring substituents is 1. The third-order valence-electron chi connectivity index (χ3n) is 3.39. The summed E-state index contributed by atoms with van der Waals surface area (Å²) in [5.74, 6) is -2.02. The van der Waals surface area contributed by atoms with Crippen molar-refractivity contribution < 1.29 is 23.6 Å². The molecule has 2 aromatic carbocycles. The lowest BCUT2D eigenvalue weighted by Crippen LogP contribution is -2.21. The number of anilines is 1. The maximum absolute atomic E-state index is 13.5. The first kappa shape index (κ1) is 17.5. The van der Waals surface area contributed by atoms with E-state index in [0.717, 1.165) is 11.3 Å². The molecule has 3 aromatic rings. The van der Waals surface area contributed by atoms with Gasteiger partial charge in [-0.15, -0.1) is 11.3 Å². The van der Waals surface area contributed by atoms with Crippen molar-refractivity contribution in [3.8, 4) is 0 Å². The first-order chi connectivity index (χ1) is 12.4. The largest absolute Gasteiger partial charge is 0.451 e. The molecule has 0 saturated carbocycles. The van der Waals surface area contributed by atoms with E-state index in [1.54, 1.807) is 12.1 Å². The molecule has 1 amide bonds. The molecule has 0 unspecified atom stereocenters. The minimum atomic E-state index is -0.738. The minimum absolute atomic E-state index is 0.0114. The zero-order valence-electron chi connectivity index (χ0n) is 13.1. The van der Waals surface area contributed by atoms with E-state index in [1.807, 2.05) is 0 Å². The highest BCUT2D eigenvalue weighted by Gasteiger charge is 2.16. The number of benzene rings is 2. The van der Waals surface area contributed by atoms with Crippen molar-refractivity contribution in [1.29, 1.82) is 0 Å². The molecule has 26 heavy (non-hydrogen) atoms. The lowest BCUT2D eigenvalue weighted by Gasteiger charge is -2.06. The van der Waals surface area contributed by atoms with Crippen LogP contribution in [0.4, 0.5) is 15.8 Å². The van der Waals surface area contributed by atoms with E-state index in [2.05, 4.69) is 5.32 Å². The molecule has 132 valence electrons. The molecule has 0 spiro atoms. The molecule has 0 aliphatic heterocycles. The van der Waals surface area contributed by atoms with Crippen molar-refractivity contribution in [2.24, 2.45) is 0 Å². The Morgan fingerprint density at radius 1 is 1.19 bits per heavy atom. The highest BCUT2D eigenvalue weighted by atomic mass is 32.1. The van der Waals surface area contributed by atoms with Gasteiger partial charge in [-0.2, -0.15) is 0 Å². The number of fused-ring (bicyclic) bond motifs is 1. The van der Waals surface area contributed by atoms with Gasteiger partial charge in [0.2, 0.25) is 0 Å². The van der Waals surface area contributed by atoms with Gasteiger partial charge in [-0.25, -0.2) is 9.18 Å². The number of carbonyl (C=O) groups is 2. The van der Waals surface area contributed by atoms with E-state index < -0.39 is 29.2 Å². The second-order valence-electron chi connectivity index (χ2n) is 5.19. The zero-order chi connectivity index (χ0) is 18.7. The molecule has 1 N–H and O–H groups in total. The van der Waals surface area contributed by atoms with Crippen LogP contribution in [0.3, 0.4) is 0 Å². The van der Waals surface area contributed by atoms with Crippen molar-refractivity contribution in [2.75, 3.05) is 11.9 Å². The molecule has 0 atom stereocenters. The van der Waals surface area contributed by atoms with Crippen LogP contribution in [0.1, 0.15) is 9.67 Å². The molecule has 1 heterocycles. The van der Waals surface area contributed by atoms with Gasteiger partial charge in [0.15, 0.2) is 6.61 Å². The number of esters is 1. The number of non-ortho nitro benzene ring substituents is 1. The van der Waals surface area contributed by atoms with Gasteiger partial charge in [-0.3, -0.25) is 14.9 Å². The molecular formula is C17H11FN2O5S. The van der Waals surface area contributed by atoms with Crippen LogP contribution in [0.2, 0.25) is 0 Å². The summed E-state index contributed by atoms with van der Waals surface area (Å²) in [7, 11) is 0. The van der Waals surface area contributed by atoms with Gasteiger partial charge in [0.25, 0.3) is 11.6 Å². The SMILES string of the molecule is O=C(COC(=O)c1cc2cc([N+](=O)[O-])ccc2s1)Nc1ccccc1F. The Bertz CT molecular complexity index is 1020. The van der Waals surface area contributed by atoms with Crippen molar-refractivity contribution >= 4 is 44.7 Å². The van der Waals surface area contributed by atoms with E-state index in [4.69, 9.17) is 4.74 Å². The van der Waals surface area contributed by atoms with Crippen molar-refractivity contribution in [3.63, 3.8) is 0 Å². The molecule has 0 fully saturated rings. The minimum Gasteiger partial charge on any atom is -0.451 e. The predicted molar refractivity (Wildman–Crippen MR) is 93.8 cm³/mol. The number of halogens is 1. The first-order valence-corrected chi connectivity index (χ1v) is 8.15. The number of hydrogen-bond donors (Lipinski definition) is 1. The fourth-order valence-electron chi connectivity index (χ4n) is 2.20. The number of ether oxygens (including phenoxy) is 1. The highest BCUT2D eigenvalue weighted by molar-refractivity contribution is 7.20. The normalized spacial score (nSPS) is 10.5. The number of nitro groups is 1. The Balaban J connectivity index is 1.64. The molecule has 7 nitrogen and oxygen atoms in total. The number of hydrogen-bond acceptors (Lipinski definition) is 6. The van der Waals surface area contributed by atoms with Gasteiger partial charge in [-0.1, -0.05) is 12.1 Å². The van der Waals surface area contributed by atoms with Gasteiger partial charge in [0.05, 0.1) is 10.6 Å². The molecule has 0 radical (unpaired) electrons. The van der Waals surface area contributed by atoms with Crippen LogP contribution in [0, 0.1) is 15.9 Å². The molecule has 9 heteroatoms. The summed E-state index contributed by atoms with van der Waals surface area (Å²) < 4.78 is 19.0. The number of carbonyl (C=O) groups excluding carboxylic acids is 2. The summed E-state index contributed by atoms with van der Waals surface area (Å²) in [6.07, 6.45) is 0. The maximum Gasteiger partial charge on any atom is 0.348 e. The van der Waals surface area contributed by atoms with Gasteiger partial charge in [-0.05, 0) is 24.3 Å². The van der Waals surface area contributed by atoms with Crippen LogP contribution in [0.15, 0.2) is 48.5 Å². The maximum atomic E-state index is 13.5. The second-order valence-corrected chi connectivity index (χ2v) is 6.28. The van der Waals surface area contributed by atoms with Crippen molar-refractivity contribution in [2.45, 2.75) is 0 Å². The highest BCUT2D eigenvalue weighted by Crippen LogP contribution is 2.29. The number of nitrogens with zero attached hydrogens (tertiary/aromatic N) is 1. The average Bonchev–Trinajstić information content (AvgIpc) is 3.05. The van der Waals surface area contributed by atoms with E-state index in [0.29, 0.717) is 10.1 Å². The Morgan fingerprint density at radius 3 is 2.69 bits per heavy atom. The van der Waals surface area contributed by atoms with Crippen LogP contribution in [0.25, 0.3) is 10.1 Å². The number of para-hydroxylation sites is 1. The molecule has 0 saturated heterocycles. The van der Waals surface area contributed by atoms with Crippen molar-refractivity contribution in [3.05, 3.63) is 69.3 Å². The summed E-state index contributed by atoms with van der Waals surface area (Å²) in [4.78, 5) is 34.3. The molecule has 1 aromatic heterocycles. The Hall–Kier alpha value is -3.33. The fraction of sp³-hybridized carbons (Fsp3) is 0.0588. The molecular weight excluding hydrogens is 363 g/mol. The van der Waals surface area contributed by atoms with Crippen molar-refractivity contribution in [1.82, 2.24) is 0 Å². The van der Waals surface area contributed by atoms with Gasteiger partial charge in [0, 0.05) is 22.2 Å². The Kier molecular flexibility index (Phi) is 4.90. The summed E-state index contributed by atoms with van der Waals surface area (Å²) in [6, 6.07) is 11.3. The fourth-order valence-corrected chi connectivity index (χ4v) is 3.13. The smallest absolute Gasteiger partial charge is 0.348 e. The standard InChI is InChI=1S/C17H11FN2O5S/c18-12-3-1-2-4-13(12)19-16(21)9-25-17(22)15-8-10-7-11(20(23)24)5-6-14(10)26-15/h1-8H,9H2,(H,19,21). The number of thiophene rings is 1. The molecule has 0 bridgehead atoms. The molecule has 0 aliphatic carbocycles. The topological polar surface area (TPSA) is 98.5 Å². The van der Waals surface area contributed by atoms with Crippen LogP contribution in [-0.4, -0.2) is 23.4 Å². The summed E-state index contributed by atoms with van der Waals surface area (Å²) in [6.45, 7) is -0.582. The predicted octanol–water partition coefficient (Wildman–Crippen LogP) is 3.74. The quantitative estimate of drug-likeness (QED) is 0.417. The van der Waals surface area contributed by atoms with Crippen LogP contribution in [0.5, 0.6) is 0 Å². The van der Waals surface area contributed by atoms with Crippen LogP contribution < -0.4 is 5.32 Å². The van der Waals surface area contributed by atoms with E-state index >= 15 is 0 Å². The van der Waals surface area contributed by atoms with Crippen LogP contribution >= 0.6 is 11.3 Å². The summed E-state index contributed by atoms with van der Waals surface area (Å²) in [5, 5.41) is 13.6. The summed E-state index contributed by atoms with van der Waals surface area (Å²) in [5.41, 5.74) is -0.0952.